The maximum absolute atomic E-state index is 13.7. The molecule has 0 aliphatic carbocycles. The van der Waals surface area contributed by atoms with Gasteiger partial charge in [-0.1, -0.05) is 49.6 Å². The summed E-state index contributed by atoms with van der Waals surface area (Å²) in [6, 6.07) is 6.65. The third-order valence-electron chi connectivity index (χ3n) is 7.04. The highest BCUT2D eigenvalue weighted by atomic mass is 32.1. The molecule has 2 aromatic heterocycles. The zero-order valence-corrected chi connectivity index (χ0v) is 26.9. The second-order valence-electron chi connectivity index (χ2n) is 11.1. The molecule has 0 unspecified atom stereocenters. The molecule has 242 valence electrons. The van der Waals surface area contributed by atoms with Crippen molar-refractivity contribution in [3.63, 3.8) is 0 Å². The van der Waals surface area contributed by atoms with Gasteiger partial charge in [0, 0.05) is 36.9 Å². The molecule has 46 heavy (non-hydrogen) atoms. The van der Waals surface area contributed by atoms with Crippen molar-refractivity contribution in [2.45, 2.75) is 64.2 Å². The maximum Gasteiger partial charge on any atom is 0.315 e. The molecular formula is C31H40BN9O4S. The maximum atomic E-state index is 13.7. The third-order valence-corrected chi connectivity index (χ3v) is 7.82. The predicted octanol–water partition coefficient (Wildman–Crippen LogP) is 0.866. The van der Waals surface area contributed by atoms with E-state index in [9.17, 15) is 19.2 Å². The number of carbonyl (C=O) groups excluding carboxylic acids is 4. The second-order valence-corrected chi connectivity index (χ2v) is 12.0. The minimum absolute atomic E-state index is 0.0720. The van der Waals surface area contributed by atoms with Crippen LogP contribution >= 0.6 is 11.3 Å². The van der Waals surface area contributed by atoms with E-state index in [0.717, 1.165) is 16.9 Å². The van der Waals surface area contributed by atoms with Crippen molar-refractivity contribution in [2.75, 3.05) is 6.54 Å². The molecule has 0 fully saturated rings. The standard InChI is InChI=1S/C31H40BN9O4S/c1-18(2)25(28(44)39-23(7-5-13-37-30(33)34)26(42)29-36-14-15-46-29)41-27(43)24(16-20-6-4-12-35-17-20)40-31(45)38-19(3)21-8-10-22(32)11-9-21/h4,6,8-12,14-15,17-19,23-25H,5,7,13,16H2,1-3H3,(H,39,44)(H,41,43)(H4,33,34,37)(H2,38,40,45)/t19-,23+,24+,25+/m1/s1. The van der Waals surface area contributed by atoms with Crippen molar-refractivity contribution in [3.8, 4) is 0 Å². The first kappa shape index (κ1) is 35.7. The lowest BCUT2D eigenvalue weighted by molar-refractivity contribution is -0.131. The number of nitrogens with zero attached hydrogens (tertiary/aromatic N) is 3. The minimum atomic E-state index is -1.05. The molecular weight excluding hydrogens is 605 g/mol. The monoisotopic (exact) mass is 645 g/mol. The SMILES string of the molecule is [B]c1ccc([C@@H](C)NC(=O)N[C@@H](Cc2cccnc2)C(=O)N[C@H](C(=O)N[C@@H](CCCN=C(N)N)C(=O)c2nccs2)C(C)C)cc1. The molecule has 0 aliphatic heterocycles. The molecule has 0 saturated carbocycles. The lowest BCUT2D eigenvalue weighted by Gasteiger charge is -2.27. The third kappa shape index (κ3) is 11.3. The first-order valence-electron chi connectivity index (χ1n) is 14.9. The summed E-state index contributed by atoms with van der Waals surface area (Å²) in [7, 11) is 5.77. The Balaban J connectivity index is 1.75. The van der Waals surface area contributed by atoms with E-state index in [-0.39, 0.29) is 48.1 Å². The van der Waals surface area contributed by atoms with Gasteiger partial charge in [0.15, 0.2) is 11.0 Å². The molecule has 15 heteroatoms. The molecule has 13 nitrogen and oxygen atoms in total. The van der Waals surface area contributed by atoms with Crippen LogP contribution in [0.25, 0.3) is 0 Å². The minimum Gasteiger partial charge on any atom is -0.370 e. The predicted molar refractivity (Wildman–Crippen MR) is 179 cm³/mol. The summed E-state index contributed by atoms with van der Waals surface area (Å²) in [6.07, 6.45) is 5.49. The molecule has 3 rings (SSSR count). The van der Waals surface area contributed by atoms with Gasteiger partial charge in [0.05, 0.1) is 12.1 Å². The number of carbonyl (C=O) groups is 4. The number of Topliss-reactive ketones (excluding diaryl/α,β-unsaturated/α-hetero) is 1. The average molecular weight is 646 g/mol. The largest absolute Gasteiger partial charge is 0.370 e. The van der Waals surface area contributed by atoms with Crippen LogP contribution < -0.4 is 38.2 Å². The first-order valence-corrected chi connectivity index (χ1v) is 15.7. The van der Waals surface area contributed by atoms with Crippen molar-refractivity contribution < 1.29 is 19.2 Å². The Hall–Kier alpha value is -4.79. The van der Waals surface area contributed by atoms with Crippen molar-refractivity contribution in [1.82, 2.24) is 31.2 Å². The first-order chi connectivity index (χ1) is 21.9. The number of ketones is 1. The Morgan fingerprint density at radius 3 is 2.28 bits per heavy atom. The molecule has 1 aromatic carbocycles. The number of thiazole rings is 1. The van der Waals surface area contributed by atoms with Gasteiger partial charge >= 0.3 is 6.03 Å². The van der Waals surface area contributed by atoms with Gasteiger partial charge in [0.1, 0.15) is 19.9 Å². The van der Waals surface area contributed by atoms with Gasteiger partial charge in [-0.05, 0) is 42.9 Å². The van der Waals surface area contributed by atoms with Crippen LogP contribution in [0.5, 0.6) is 0 Å². The Labute approximate surface area is 273 Å². The fraction of sp³-hybridized carbons (Fsp3) is 0.387. The summed E-state index contributed by atoms with van der Waals surface area (Å²) in [6.45, 7) is 5.61. The molecule has 0 aliphatic rings. The summed E-state index contributed by atoms with van der Waals surface area (Å²) in [5.41, 5.74) is 12.9. The van der Waals surface area contributed by atoms with E-state index in [2.05, 4.69) is 36.2 Å². The molecule has 2 radical (unpaired) electrons. The van der Waals surface area contributed by atoms with Gasteiger partial charge in [-0.25, -0.2) is 9.78 Å². The van der Waals surface area contributed by atoms with E-state index in [4.69, 9.17) is 19.3 Å². The number of guanidine groups is 1. The van der Waals surface area contributed by atoms with Gasteiger partial charge in [-0.3, -0.25) is 24.4 Å². The van der Waals surface area contributed by atoms with Gasteiger partial charge < -0.3 is 32.7 Å². The Kier molecular flexibility index (Phi) is 13.7. The van der Waals surface area contributed by atoms with E-state index in [1.165, 1.54) is 6.20 Å². The summed E-state index contributed by atoms with van der Waals surface area (Å²) in [5, 5.41) is 13.1. The summed E-state index contributed by atoms with van der Waals surface area (Å²) in [4.78, 5) is 65.7. The van der Waals surface area contributed by atoms with Gasteiger partial charge in [-0.15, -0.1) is 11.3 Å². The molecule has 0 bridgehead atoms. The zero-order valence-electron chi connectivity index (χ0n) is 26.1. The van der Waals surface area contributed by atoms with E-state index < -0.39 is 36.0 Å². The van der Waals surface area contributed by atoms with Crippen LogP contribution in [0.15, 0.2) is 65.4 Å². The second kappa shape index (κ2) is 17.6. The van der Waals surface area contributed by atoms with Crippen LogP contribution in [0.4, 0.5) is 4.79 Å². The van der Waals surface area contributed by atoms with E-state index in [1.807, 2.05) is 0 Å². The van der Waals surface area contributed by atoms with Crippen molar-refractivity contribution in [3.05, 3.63) is 76.5 Å². The lowest BCUT2D eigenvalue weighted by atomic mass is 9.94. The molecule has 0 saturated heterocycles. The number of aliphatic imine (C=N–C) groups is 1. The van der Waals surface area contributed by atoms with Crippen molar-refractivity contribution in [1.29, 1.82) is 0 Å². The van der Waals surface area contributed by atoms with Crippen LogP contribution in [-0.4, -0.2) is 72.1 Å². The number of nitrogens with two attached hydrogens (primary N) is 2. The summed E-state index contributed by atoms with van der Waals surface area (Å²) in [5.74, 6) is -1.92. The summed E-state index contributed by atoms with van der Waals surface area (Å²) < 4.78 is 0. The Morgan fingerprint density at radius 2 is 1.67 bits per heavy atom. The van der Waals surface area contributed by atoms with Crippen LogP contribution in [-0.2, 0) is 16.0 Å². The highest BCUT2D eigenvalue weighted by Gasteiger charge is 2.32. The van der Waals surface area contributed by atoms with Crippen LogP contribution in [0.1, 0.15) is 60.6 Å². The van der Waals surface area contributed by atoms with E-state index in [1.54, 1.807) is 74.9 Å². The van der Waals surface area contributed by atoms with Gasteiger partial charge in [0.25, 0.3) is 0 Å². The van der Waals surface area contributed by atoms with Crippen LogP contribution in [0.3, 0.4) is 0 Å². The fourth-order valence-electron chi connectivity index (χ4n) is 4.55. The van der Waals surface area contributed by atoms with Crippen molar-refractivity contribution >= 4 is 54.2 Å². The number of pyridine rings is 1. The number of aromatic nitrogens is 2. The summed E-state index contributed by atoms with van der Waals surface area (Å²) >= 11 is 1.16. The quantitative estimate of drug-likeness (QED) is 0.0432. The average Bonchev–Trinajstić information content (AvgIpc) is 3.56. The number of hydrogen-bond donors (Lipinski definition) is 6. The Bertz CT molecular complexity index is 1470. The number of rotatable bonds is 16. The topological polar surface area (TPSA) is 207 Å². The number of benzene rings is 1. The molecule has 0 spiro atoms. The zero-order chi connectivity index (χ0) is 33.6. The Morgan fingerprint density at radius 1 is 0.935 bits per heavy atom. The van der Waals surface area contributed by atoms with Crippen LogP contribution in [0, 0.1) is 5.92 Å². The smallest absolute Gasteiger partial charge is 0.315 e. The van der Waals surface area contributed by atoms with Gasteiger partial charge in [0.2, 0.25) is 17.6 Å². The highest BCUT2D eigenvalue weighted by Crippen LogP contribution is 2.14. The number of hydrogen-bond acceptors (Lipinski definition) is 8. The fourth-order valence-corrected chi connectivity index (χ4v) is 5.18. The number of nitrogens with one attached hydrogen (secondary N) is 4. The molecule has 4 atom stereocenters. The highest BCUT2D eigenvalue weighted by molar-refractivity contribution is 7.11. The van der Waals surface area contributed by atoms with Crippen molar-refractivity contribution in [2.24, 2.45) is 22.4 Å². The molecule has 2 heterocycles. The van der Waals surface area contributed by atoms with Gasteiger partial charge in [-0.2, -0.15) is 0 Å². The lowest BCUT2D eigenvalue weighted by Crippen LogP contribution is -2.58. The molecule has 3 aromatic rings. The normalized spacial score (nSPS) is 13.5. The molecule has 8 N–H and O–H groups in total. The van der Waals surface area contributed by atoms with Crippen LogP contribution in [0.2, 0.25) is 0 Å². The number of urea groups is 1. The van der Waals surface area contributed by atoms with E-state index in [0.29, 0.717) is 17.4 Å². The number of amides is 4. The van der Waals surface area contributed by atoms with E-state index >= 15 is 0 Å². The molecule has 4 amide bonds.